The van der Waals surface area contributed by atoms with E-state index in [-0.39, 0.29) is 33.4 Å². The van der Waals surface area contributed by atoms with Crippen LogP contribution >= 0.6 is 0 Å². The van der Waals surface area contributed by atoms with E-state index in [4.69, 9.17) is 9.47 Å². The normalized spacial score (nSPS) is 37.4. The second-order valence-corrected chi connectivity index (χ2v) is 24.6. The summed E-state index contributed by atoms with van der Waals surface area (Å²) in [5.74, 6) is -25.4. The summed E-state index contributed by atoms with van der Waals surface area (Å²) in [6.45, 7) is 2.26. The van der Waals surface area contributed by atoms with Crippen molar-refractivity contribution in [2.24, 2.45) is 0 Å². The molecule has 0 saturated heterocycles. The largest absolute Gasteiger partial charge is 0.453 e. The fraction of sp³-hybridized carbons (Fsp3) is 0.451. The van der Waals surface area contributed by atoms with Crippen LogP contribution in [0.4, 0.5) is 26.3 Å². The molecule has 2 fully saturated rings. The minimum atomic E-state index is -6.21. The fourth-order valence-corrected chi connectivity index (χ4v) is 19.2. The van der Waals surface area contributed by atoms with Gasteiger partial charge in [0.25, 0.3) is 0 Å². The first kappa shape index (κ1) is 55.0. The van der Waals surface area contributed by atoms with Gasteiger partial charge in [0.2, 0.25) is 0 Å². The molecule has 2 heterocycles. The zero-order valence-corrected chi connectivity index (χ0v) is 41.5. The number of esters is 2. The molecule has 10 N–H and O–H groups in total. The minimum Gasteiger partial charge on any atom is -0.453 e. The summed E-state index contributed by atoms with van der Waals surface area (Å²) >= 11 is 0. The van der Waals surface area contributed by atoms with Gasteiger partial charge < -0.3 is 60.5 Å². The second kappa shape index (κ2) is 17.8. The van der Waals surface area contributed by atoms with Gasteiger partial charge in [-0.2, -0.15) is 26.3 Å². The Hall–Kier alpha value is -5.36. The molecular formula is C51H48F6O18S2. The van der Waals surface area contributed by atoms with E-state index in [2.05, 4.69) is 0 Å². The first-order chi connectivity index (χ1) is 35.9. The Balaban J connectivity index is 1.05. The van der Waals surface area contributed by atoms with Gasteiger partial charge in [0, 0.05) is 23.0 Å². The smallest absolute Gasteiger partial charge is 0.380 e. The number of ether oxygens (including phenoxy) is 2. The Bertz CT molecular complexity index is 3130. The predicted molar refractivity (Wildman–Crippen MR) is 250 cm³/mol. The summed E-state index contributed by atoms with van der Waals surface area (Å²) < 4.78 is 166. The Labute approximate surface area is 432 Å². The first-order valence-electron chi connectivity index (χ1n) is 24.0. The van der Waals surface area contributed by atoms with Crippen LogP contribution in [0.5, 0.6) is 0 Å². The van der Waals surface area contributed by atoms with Gasteiger partial charge in [-0.1, -0.05) is 62.4 Å². The summed E-state index contributed by atoms with van der Waals surface area (Å²) in [7, 11) is -10.8. The van der Waals surface area contributed by atoms with Crippen molar-refractivity contribution in [3.8, 4) is 22.3 Å². The number of halogens is 6. The van der Waals surface area contributed by atoms with E-state index < -0.39 is 189 Å². The number of carbonyl (C=O) groups is 2. The Morgan fingerprint density at radius 1 is 0.442 bits per heavy atom. The van der Waals surface area contributed by atoms with Gasteiger partial charge in [-0.3, -0.25) is 0 Å². The maximum atomic E-state index is 16.8. The van der Waals surface area contributed by atoms with E-state index in [1.165, 1.54) is 24.3 Å². The van der Waals surface area contributed by atoms with Crippen LogP contribution in [-0.4, -0.2) is 180 Å². The summed E-state index contributed by atoms with van der Waals surface area (Å²) in [6.07, 6.45) is -25.9. The van der Waals surface area contributed by atoms with E-state index >= 15 is 43.2 Å². The molecule has 0 spiro atoms. The highest BCUT2D eigenvalue weighted by atomic mass is 32.2. The number of alkyl halides is 6. The summed E-state index contributed by atoms with van der Waals surface area (Å²) in [5, 5.41) is 101. The van der Waals surface area contributed by atoms with Gasteiger partial charge in [-0.25, -0.2) is 26.4 Å². The number of benzene rings is 4. The fourth-order valence-electron chi connectivity index (χ4n) is 12.9. The molecule has 0 bridgehead atoms. The zero-order chi connectivity index (χ0) is 56.4. The van der Waals surface area contributed by atoms with E-state index in [9.17, 15) is 60.7 Å². The Morgan fingerprint density at radius 2 is 0.714 bits per heavy atom. The number of carbonyl (C=O) groups excluding carboxylic acids is 2. The topological polar surface area (TPSA) is 323 Å². The molecule has 0 radical (unpaired) electrons. The van der Waals surface area contributed by atoms with Crippen LogP contribution in [0.25, 0.3) is 22.3 Å². The van der Waals surface area contributed by atoms with Crippen molar-refractivity contribution >= 4 is 31.6 Å². The monoisotopic (exact) mass is 1130 g/mol. The molecule has 77 heavy (non-hydrogen) atoms. The lowest BCUT2D eigenvalue weighted by molar-refractivity contribution is -0.266. The maximum Gasteiger partial charge on any atom is 0.380 e. The van der Waals surface area contributed by atoms with Gasteiger partial charge >= 0.3 is 29.7 Å². The van der Waals surface area contributed by atoms with Gasteiger partial charge in [-0.15, -0.1) is 0 Å². The molecule has 4 aromatic rings. The highest BCUT2D eigenvalue weighted by molar-refractivity contribution is 7.97. The third kappa shape index (κ3) is 6.90. The SMILES string of the molecule is CCC12C(C3=C(C4c5ccc(-c6ccc(C(=O)OC7[C@@H](O)[C@H](O)C(O)[C@H](O)[C@H]7O)cc6)cc5S(=O)(=O)C41CC)C(F)(F)C(F)(F)C3(F)F)c1ccc(-c3ccc(C(=O)OC4[C@@H](O)[C@H](O)C(O)[C@H](O)[C@H]4O)cc3)cc1S2(=O)=O. The molecule has 4 aliphatic carbocycles. The second-order valence-electron chi connectivity index (χ2n) is 20.2. The van der Waals surface area contributed by atoms with Crippen LogP contribution in [0.1, 0.15) is 70.4 Å². The van der Waals surface area contributed by atoms with Gasteiger partial charge in [0.1, 0.15) is 70.5 Å². The highest BCUT2D eigenvalue weighted by Gasteiger charge is 2.90. The molecule has 8 unspecified atom stereocenters. The van der Waals surface area contributed by atoms with Crippen LogP contribution in [-0.2, 0) is 29.1 Å². The van der Waals surface area contributed by atoms with Gasteiger partial charge in [-0.05, 0) is 82.6 Å². The summed E-state index contributed by atoms with van der Waals surface area (Å²) in [4.78, 5) is 24.6. The quantitative estimate of drug-likeness (QED) is 0.0682. The van der Waals surface area contributed by atoms with Crippen LogP contribution in [0.15, 0.2) is 106 Å². The lowest BCUT2D eigenvalue weighted by atomic mass is 9.58. The maximum absolute atomic E-state index is 16.8. The van der Waals surface area contributed by atoms with Crippen molar-refractivity contribution < 1.29 is 113 Å². The molecule has 0 aromatic heterocycles. The van der Waals surface area contributed by atoms with E-state index in [0.717, 1.165) is 74.5 Å². The molecule has 2 saturated carbocycles. The first-order valence-corrected chi connectivity index (χ1v) is 26.9. The molecule has 26 heteroatoms. The zero-order valence-electron chi connectivity index (χ0n) is 39.9. The number of hydrogen-bond donors (Lipinski definition) is 10. The molecule has 2 aliphatic heterocycles. The van der Waals surface area contributed by atoms with Crippen LogP contribution in [0.3, 0.4) is 0 Å². The van der Waals surface area contributed by atoms with E-state index in [0.29, 0.717) is 0 Å². The molecule has 16 atom stereocenters. The average Bonchev–Trinajstić information content (AvgIpc) is 3.36. The van der Waals surface area contributed by atoms with Crippen molar-refractivity contribution in [3.63, 3.8) is 0 Å². The van der Waals surface area contributed by atoms with Crippen LogP contribution in [0, 0.1) is 0 Å². The van der Waals surface area contributed by atoms with Crippen molar-refractivity contribution in [2.45, 2.75) is 149 Å². The molecule has 414 valence electrons. The number of sulfone groups is 2. The molecule has 18 nitrogen and oxygen atoms in total. The number of aliphatic hydroxyl groups is 10. The van der Waals surface area contributed by atoms with Crippen molar-refractivity contribution in [2.75, 3.05) is 0 Å². The van der Waals surface area contributed by atoms with E-state index in [1.807, 2.05) is 0 Å². The lowest BCUT2D eigenvalue weighted by Gasteiger charge is -2.54. The minimum absolute atomic E-state index is 0.0382. The molecule has 10 rings (SSSR count). The number of aliphatic hydroxyl groups excluding tert-OH is 10. The molecule has 4 aromatic carbocycles. The Morgan fingerprint density at radius 3 is 1.00 bits per heavy atom. The van der Waals surface area contributed by atoms with Crippen molar-refractivity contribution in [1.29, 1.82) is 0 Å². The number of allylic oxidation sites excluding steroid dienone is 2. The predicted octanol–water partition coefficient (Wildman–Crippen LogP) is 1.68. The number of rotatable bonds is 8. The van der Waals surface area contributed by atoms with Crippen molar-refractivity contribution in [1.82, 2.24) is 0 Å². The summed E-state index contributed by atoms with van der Waals surface area (Å²) in [6, 6.07) is 15.5. The van der Waals surface area contributed by atoms with Gasteiger partial charge in [0.15, 0.2) is 31.9 Å². The third-order valence-electron chi connectivity index (χ3n) is 16.8. The molecule has 6 aliphatic rings. The number of hydrogen-bond acceptors (Lipinski definition) is 18. The van der Waals surface area contributed by atoms with E-state index in [1.54, 1.807) is 0 Å². The average molecular weight is 1130 g/mol. The van der Waals surface area contributed by atoms with Gasteiger partial charge in [0.05, 0.1) is 20.9 Å². The van der Waals surface area contributed by atoms with Crippen LogP contribution in [0.2, 0.25) is 0 Å². The summed E-state index contributed by atoms with van der Waals surface area (Å²) in [5.41, 5.74) is -5.63. The van der Waals surface area contributed by atoms with Crippen LogP contribution < -0.4 is 0 Å². The highest BCUT2D eigenvalue weighted by Crippen LogP contribution is 2.79. The Kier molecular flexibility index (Phi) is 12.7. The molecule has 0 amide bonds. The van der Waals surface area contributed by atoms with Crippen molar-refractivity contribution in [3.05, 3.63) is 118 Å². The molecular weight excluding hydrogens is 1080 g/mol. The third-order valence-corrected chi connectivity index (χ3v) is 22.4. The standard InChI is InChI=1S/C51H48F6O18S2/c1-3-47-29(25-15-13-23(17-27(25)76(47,70)71)19-5-9-21(10-6-19)45(68)74-43-39(64)35(60)33(58)36(61)40(43)65)31-32(50(54,55)51(56,57)49(31,52)53)30-26-16-14-24(18-28(26)77(72,73)48(30,47)4-2)20-7-11-22(12-8-20)46(69)75-44-41(66)37(62)34(59)38(63)42(44)67/h5-18,29-30,33-44,58-67H,3-4H2,1-2H3/t29?,30?,33?,34?,35-,36+,37-,38+,39+,40-,41+,42-,43?,44?,47?,48?. The lowest BCUT2D eigenvalue weighted by Crippen LogP contribution is -2.67. The number of fused-ring (bicyclic) bond motifs is 9.